The van der Waals surface area contributed by atoms with Crippen molar-refractivity contribution in [3.05, 3.63) is 82.2 Å². The van der Waals surface area contributed by atoms with Crippen molar-refractivity contribution in [1.82, 2.24) is 15.1 Å². The van der Waals surface area contributed by atoms with Gasteiger partial charge in [0.2, 0.25) is 0 Å². The molecule has 1 aliphatic heterocycles. The van der Waals surface area contributed by atoms with Gasteiger partial charge in [0.25, 0.3) is 5.91 Å². The van der Waals surface area contributed by atoms with Crippen LogP contribution in [0.5, 0.6) is 5.75 Å². The molecule has 1 aromatic heterocycles. The van der Waals surface area contributed by atoms with E-state index in [4.69, 9.17) is 4.74 Å². The van der Waals surface area contributed by atoms with E-state index in [1.165, 1.54) is 0 Å². The number of hydrogen-bond donors (Lipinski definition) is 1. The third-order valence-corrected chi connectivity index (χ3v) is 5.58. The second kappa shape index (κ2) is 7.63. The van der Waals surface area contributed by atoms with E-state index in [0.29, 0.717) is 12.1 Å². The van der Waals surface area contributed by atoms with E-state index in [1.807, 2.05) is 48.0 Å². The third kappa shape index (κ3) is 4.25. The van der Waals surface area contributed by atoms with Gasteiger partial charge >= 0.3 is 0 Å². The van der Waals surface area contributed by atoms with Crippen molar-refractivity contribution >= 4 is 5.91 Å². The molecule has 1 N–H and O–H groups in total. The van der Waals surface area contributed by atoms with Gasteiger partial charge in [0.15, 0.2) is 0 Å². The van der Waals surface area contributed by atoms with Crippen molar-refractivity contribution in [2.24, 2.45) is 0 Å². The van der Waals surface area contributed by atoms with Crippen molar-refractivity contribution in [3.8, 4) is 5.75 Å². The van der Waals surface area contributed by atoms with Gasteiger partial charge in [-0.15, -0.1) is 0 Å². The Balaban J connectivity index is 1.50. The number of amides is 1. The maximum Gasteiger partial charge on any atom is 0.251 e. The number of rotatable bonds is 4. The molecular formula is C25H29N3O2. The molecule has 0 saturated carbocycles. The minimum Gasteiger partial charge on any atom is -0.487 e. The molecule has 0 radical (unpaired) electrons. The molecule has 0 unspecified atom stereocenters. The van der Waals surface area contributed by atoms with Gasteiger partial charge in [-0.2, -0.15) is 5.10 Å². The molecular weight excluding hydrogens is 374 g/mol. The van der Waals surface area contributed by atoms with E-state index in [0.717, 1.165) is 40.2 Å². The molecule has 5 heteroatoms. The van der Waals surface area contributed by atoms with Crippen molar-refractivity contribution in [3.63, 3.8) is 0 Å². The quantitative estimate of drug-likeness (QED) is 0.675. The van der Waals surface area contributed by atoms with Gasteiger partial charge in [0.1, 0.15) is 11.4 Å². The number of carbonyl (C=O) groups excluding carboxylic acids is 1. The van der Waals surface area contributed by atoms with Crippen molar-refractivity contribution < 1.29 is 9.53 Å². The Kier molecular flexibility index (Phi) is 5.14. The first-order valence-corrected chi connectivity index (χ1v) is 10.4. The highest BCUT2D eigenvalue weighted by Gasteiger charge is 2.34. The SMILES string of the molecule is Cc1ccc2c(c1)[C@H](NC(=O)c1ccc(Cn3nc(C)cc3C)cc1)CC(C)(C)O2. The molecule has 1 amide bonds. The molecule has 1 atom stereocenters. The molecule has 3 aromatic rings. The van der Waals surface area contributed by atoms with E-state index in [1.54, 1.807) is 0 Å². The molecule has 0 bridgehead atoms. The summed E-state index contributed by atoms with van der Waals surface area (Å²) in [6, 6.07) is 15.9. The van der Waals surface area contributed by atoms with Gasteiger partial charge in [-0.05, 0) is 64.4 Å². The third-order valence-electron chi connectivity index (χ3n) is 5.58. The zero-order chi connectivity index (χ0) is 21.5. The topological polar surface area (TPSA) is 56.2 Å². The van der Waals surface area contributed by atoms with E-state index in [2.05, 4.69) is 50.2 Å². The summed E-state index contributed by atoms with van der Waals surface area (Å²) in [5.41, 5.74) is 5.79. The van der Waals surface area contributed by atoms with Crippen LogP contribution >= 0.6 is 0 Å². The number of benzene rings is 2. The van der Waals surface area contributed by atoms with Crippen molar-refractivity contribution in [1.29, 1.82) is 0 Å². The van der Waals surface area contributed by atoms with Gasteiger partial charge in [-0.1, -0.05) is 29.8 Å². The monoisotopic (exact) mass is 403 g/mol. The second-order valence-electron chi connectivity index (χ2n) is 8.91. The van der Waals surface area contributed by atoms with Gasteiger partial charge in [-0.3, -0.25) is 9.48 Å². The number of carbonyl (C=O) groups is 1. The van der Waals surface area contributed by atoms with Gasteiger partial charge < -0.3 is 10.1 Å². The number of nitrogens with one attached hydrogen (secondary N) is 1. The van der Waals surface area contributed by atoms with Crippen LogP contribution in [0.15, 0.2) is 48.5 Å². The second-order valence-corrected chi connectivity index (χ2v) is 8.91. The summed E-state index contributed by atoms with van der Waals surface area (Å²) < 4.78 is 8.10. The number of ether oxygens (including phenoxy) is 1. The Morgan fingerprint density at radius 3 is 2.53 bits per heavy atom. The van der Waals surface area contributed by atoms with Crippen LogP contribution in [-0.2, 0) is 6.54 Å². The summed E-state index contributed by atoms with van der Waals surface area (Å²) in [6.07, 6.45) is 0.727. The van der Waals surface area contributed by atoms with Crippen LogP contribution in [0.4, 0.5) is 0 Å². The first-order valence-electron chi connectivity index (χ1n) is 10.4. The Morgan fingerprint density at radius 2 is 1.87 bits per heavy atom. The molecule has 0 spiro atoms. The first kappa shape index (κ1) is 20.2. The van der Waals surface area contributed by atoms with Gasteiger partial charge in [0.05, 0.1) is 18.3 Å². The zero-order valence-electron chi connectivity index (χ0n) is 18.3. The smallest absolute Gasteiger partial charge is 0.251 e. The molecule has 30 heavy (non-hydrogen) atoms. The highest BCUT2D eigenvalue weighted by molar-refractivity contribution is 5.94. The van der Waals surface area contributed by atoms with Crippen LogP contribution < -0.4 is 10.1 Å². The highest BCUT2D eigenvalue weighted by atomic mass is 16.5. The fourth-order valence-corrected chi connectivity index (χ4v) is 4.11. The average Bonchev–Trinajstić information content (AvgIpc) is 2.99. The van der Waals surface area contributed by atoms with Crippen LogP contribution in [0.25, 0.3) is 0 Å². The van der Waals surface area contributed by atoms with Crippen LogP contribution in [0.1, 0.15) is 64.7 Å². The number of aryl methyl sites for hydroxylation is 3. The van der Waals surface area contributed by atoms with E-state index in [-0.39, 0.29) is 17.6 Å². The lowest BCUT2D eigenvalue weighted by Crippen LogP contribution is -2.41. The number of hydrogen-bond acceptors (Lipinski definition) is 3. The average molecular weight is 404 g/mol. The Bertz CT molecular complexity index is 1080. The molecule has 0 saturated heterocycles. The molecule has 5 nitrogen and oxygen atoms in total. The molecule has 2 heterocycles. The Hall–Kier alpha value is -3.08. The predicted octanol–water partition coefficient (Wildman–Crippen LogP) is 4.89. The number of fused-ring (bicyclic) bond motifs is 1. The molecule has 2 aromatic carbocycles. The van der Waals surface area contributed by atoms with Crippen LogP contribution in [0.2, 0.25) is 0 Å². The summed E-state index contributed by atoms with van der Waals surface area (Å²) in [5, 5.41) is 7.73. The Labute approximate surface area is 178 Å². The fraction of sp³-hybridized carbons (Fsp3) is 0.360. The van der Waals surface area contributed by atoms with E-state index in [9.17, 15) is 4.79 Å². The summed E-state index contributed by atoms with van der Waals surface area (Å²) in [4.78, 5) is 13.0. The highest BCUT2D eigenvalue weighted by Crippen LogP contribution is 2.40. The minimum atomic E-state index is -0.330. The van der Waals surface area contributed by atoms with E-state index >= 15 is 0 Å². The summed E-state index contributed by atoms with van der Waals surface area (Å²) >= 11 is 0. The molecule has 0 aliphatic carbocycles. The van der Waals surface area contributed by atoms with Crippen molar-refractivity contribution in [2.75, 3.05) is 0 Å². The molecule has 156 valence electrons. The molecule has 4 rings (SSSR count). The lowest BCUT2D eigenvalue weighted by molar-refractivity contribution is 0.0619. The van der Waals surface area contributed by atoms with Crippen molar-refractivity contribution in [2.45, 2.75) is 59.2 Å². The number of nitrogens with zero attached hydrogens (tertiary/aromatic N) is 2. The Morgan fingerprint density at radius 1 is 1.13 bits per heavy atom. The minimum absolute atomic E-state index is 0.0668. The largest absolute Gasteiger partial charge is 0.487 e. The predicted molar refractivity (Wildman–Crippen MR) is 118 cm³/mol. The summed E-state index contributed by atoms with van der Waals surface area (Å²) in [7, 11) is 0. The summed E-state index contributed by atoms with van der Waals surface area (Å²) in [6.45, 7) is 10.9. The fourth-order valence-electron chi connectivity index (χ4n) is 4.11. The van der Waals surface area contributed by atoms with Gasteiger partial charge in [0, 0.05) is 23.2 Å². The van der Waals surface area contributed by atoms with Gasteiger partial charge in [-0.25, -0.2) is 0 Å². The maximum absolute atomic E-state index is 13.0. The van der Waals surface area contributed by atoms with Crippen LogP contribution in [0.3, 0.4) is 0 Å². The van der Waals surface area contributed by atoms with Crippen LogP contribution in [-0.4, -0.2) is 21.3 Å². The lowest BCUT2D eigenvalue weighted by atomic mass is 9.88. The maximum atomic E-state index is 13.0. The zero-order valence-corrected chi connectivity index (χ0v) is 18.3. The first-order chi connectivity index (χ1) is 14.2. The number of aromatic nitrogens is 2. The summed E-state index contributed by atoms with van der Waals surface area (Å²) in [5.74, 6) is 0.783. The van der Waals surface area contributed by atoms with Crippen LogP contribution in [0, 0.1) is 20.8 Å². The standard InChI is InChI=1S/C25H29N3O2/c1-16-6-11-23-21(12-16)22(14-25(4,5)30-23)26-24(29)20-9-7-19(8-10-20)15-28-18(3)13-17(2)27-28/h6-13,22H,14-15H2,1-5H3,(H,26,29)/t22-/m1/s1. The molecule has 0 fully saturated rings. The van der Waals surface area contributed by atoms with E-state index < -0.39 is 0 Å². The normalized spacial score (nSPS) is 17.2. The lowest BCUT2D eigenvalue weighted by Gasteiger charge is -2.38. The molecule has 1 aliphatic rings.